The average Bonchev–Trinajstić information content (AvgIpc) is 2.42. The van der Waals surface area contributed by atoms with E-state index >= 15 is 0 Å². The van der Waals surface area contributed by atoms with Crippen molar-refractivity contribution in [3.8, 4) is 0 Å². The number of halogens is 1. The van der Waals surface area contributed by atoms with Crippen molar-refractivity contribution in [3.05, 3.63) is 59.2 Å². The van der Waals surface area contributed by atoms with Crippen molar-refractivity contribution in [2.45, 2.75) is 13.5 Å². The van der Waals surface area contributed by atoms with E-state index in [9.17, 15) is 9.18 Å². The number of carbonyl (C=O) groups is 1. The average molecular weight is 260 g/mol. The Morgan fingerprint density at radius 3 is 2.95 bits per heavy atom. The summed E-state index contributed by atoms with van der Waals surface area (Å²) < 4.78 is 13.6. The zero-order valence-electron chi connectivity index (χ0n) is 10.4. The second-order valence-corrected chi connectivity index (χ2v) is 4.13. The Hall–Kier alpha value is -2.27. The Bertz CT molecular complexity index is 614. The highest BCUT2D eigenvalue weighted by Crippen LogP contribution is 2.16. The molecule has 4 nitrogen and oxygen atoms in total. The fourth-order valence-electron chi connectivity index (χ4n) is 1.68. The second kappa shape index (κ2) is 5.58. The van der Waals surface area contributed by atoms with Crippen LogP contribution in [0.5, 0.6) is 0 Å². The van der Waals surface area contributed by atoms with Gasteiger partial charge in [0, 0.05) is 11.8 Å². The number of aliphatic hydroxyl groups excluding tert-OH is 1. The quantitative estimate of drug-likeness (QED) is 0.890. The lowest BCUT2D eigenvalue weighted by molar-refractivity contribution is 0.102. The molecule has 2 N–H and O–H groups in total. The summed E-state index contributed by atoms with van der Waals surface area (Å²) in [6, 6.07) is 5.90. The van der Waals surface area contributed by atoms with Gasteiger partial charge in [0.15, 0.2) is 0 Å². The van der Waals surface area contributed by atoms with E-state index in [0.29, 0.717) is 11.3 Å². The van der Waals surface area contributed by atoms with Crippen LogP contribution in [0.15, 0.2) is 36.7 Å². The van der Waals surface area contributed by atoms with Crippen LogP contribution in [0.25, 0.3) is 0 Å². The maximum atomic E-state index is 13.6. The number of hydrogen-bond acceptors (Lipinski definition) is 3. The normalized spacial score (nSPS) is 10.3. The fraction of sp³-hybridized carbons (Fsp3) is 0.143. The van der Waals surface area contributed by atoms with Crippen LogP contribution < -0.4 is 5.32 Å². The van der Waals surface area contributed by atoms with Crippen LogP contribution in [0, 0.1) is 12.7 Å². The number of amides is 1. The molecule has 0 aliphatic heterocycles. The molecule has 0 atom stereocenters. The molecule has 0 spiro atoms. The number of nitrogens with zero attached hydrogens (tertiary/aromatic N) is 1. The minimum absolute atomic E-state index is 0.0345. The van der Waals surface area contributed by atoms with Crippen molar-refractivity contribution in [2.24, 2.45) is 0 Å². The van der Waals surface area contributed by atoms with Gasteiger partial charge in [-0.05, 0) is 25.1 Å². The first-order chi connectivity index (χ1) is 9.11. The highest BCUT2D eigenvalue weighted by Gasteiger charge is 2.13. The number of pyridine rings is 1. The lowest BCUT2D eigenvalue weighted by atomic mass is 10.1. The van der Waals surface area contributed by atoms with Gasteiger partial charge in [-0.15, -0.1) is 0 Å². The van der Waals surface area contributed by atoms with Gasteiger partial charge in [-0.1, -0.05) is 11.6 Å². The largest absolute Gasteiger partial charge is 0.392 e. The van der Waals surface area contributed by atoms with Gasteiger partial charge >= 0.3 is 0 Å². The van der Waals surface area contributed by atoms with Gasteiger partial charge in [0.1, 0.15) is 5.82 Å². The standard InChI is InChI=1S/C14H13FN2O2/c1-9-2-3-12(15)11(6-9)14(19)17-13-7-16-5-4-10(13)8-18/h2-7,18H,8H2,1H3,(H,17,19). The predicted molar refractivity (Wildman–Crippen MR) is 69.3 cm³/mol. The van der Waals surface area contributed by atoms with Crippen molar-refractivity contribution < 1.29 is 14.3 Å². The van der Waals surface area contributed by atoms with Crippen molar-refractivity contribution in [2.75, 3.05) is 5.32 Å². The number of rotatable bonds is 3. The Labute approximate surface area is 109 Å². The van der Waals surface area contributed by atoms with Crippen molar-refractivity contribution >= 4 is 11.6 Å². The molecule has 1 heterocycles. The monoisotopic (exact) mass is 260 g/mol. The maximum Gasteiger partial charge on any atom is 0.258 e. The van der Waals surface area contributed by atoms with Gasteiger partial charge in [-0.3, -0.25) is 9.78 Å². The van der Waals surface area contributed by atoms with Crippen molar-refractivity contribution in [1.82, 2.24) is 4.98 Å². The smallest absolute Gasteiger partial charge is 0.258 e. The topological polar surface area (TPSA) is 62.2 Å². The van der Waals surface area contributed by atoms with Crippen LogP contribution in [0.2, 0.25) is 0 Å². The summed E-state index contributed by atoms with van der Waals surface area (Å²) >= 11 is 0. The number of aliphatic hydroxyl groups is 1. The Kier molecular flexibility index (Phi) is 3.87. The number of hydrogen-bond donors (Lipinski definition) is 2. The van der Waals surface area contributed by atoms with E-state index in [4.69, 9.17) is 5.11 Å². The Morgan fingerprint density at radius 2 is 2.21 bits per heavy atom. The number of carbonyl (C=O) groups excluding carboxylic acids is 1. The van der Waals surface area contributed by atoms with Gasteiger partial charge < -0.3 is 10.4 Å². The number of benzene rings is 1. The van der Waals surface area contributed by atoms with Crippen LogP contribution in [0.1, 0.15) is 21.5 Å². The molecule has 1 aromatic carbocycles. The molecule has 0 saturated heterocycles. The van der Waals surface area contributed by atoms with Crippen LogP contribution in [0.3, 0.4) is 0 Å². The van der Waals surface area contributed by atoms with Crippen molar-refractivity contribution in [3.63, 3.8) is 0 Å². The molecular weight excluding hydrogens is 247 g/mol. The Morgan fingerprint density at radius 1 is 1.42 bits per heavy atom. The summed E-state index contributed by atoms with van der Waals surface area (Å²) in [6.07, 6.45) is 2.92. The van der Waals surface area contributed by atoms with Gasteiger partial charge in [-0.25, -0.2) is 4.39 Å². The highest BCUT2D eigenvalue weighted by molar-refractivity contribution is 6.04. The minimum atomic E-state index is -0.586. The Balaban J connectivity index is 2.28. The van der Waals surface area contributed by atoms with E-state index in [1.165, 1.54) is 24.5 Å². The molecule has 0 saturated carbocycles. The molecule has 2 rings (SSSR count). The molecule has 1 amide bonds. The SMILES string of the molecule is Cc1ccc(F)c(C(=O)Nc2cnccc2CO)c1. The zero-order valence-corrected chi connectivity index (χ0v) is 10.4. The lowest BCUT2D eigenvalue weighted by Crippen LogP contribution is -2.15. The van der Waals surface area contributed by atoms with E-state index in [1.54, 1.807) is 19.1 Å². The first kappa shape index (κ1) is 13.2. The summed E-state index contributed by atoms with van der Waals surface area (Å²) in [4.78, 5) is 15.9. The molecule has 0 fully saturated rings. The van der Waals surface area contributed by atoms with E-state index in [0.717, 1.165) is 5.56 Å². The minimum Gasteiger partial charge on any atom is -0.392 e. The zero-order chi connectivity index (χ0) is 13.8. The van der Waals surface area contributed by atoms with E-state index in [1.807, 2.05) is 0 Å². The fourth-order valence-corrected chi connectivity index (χ4v) is 1.68. The molecule has 0 bridgehead atoms. The molecule has 1 aromatic heterocycles. The first-order valence-corrected chi connectivity index (χ1v) is 5.73. The van der Waals surface area contributed by atoms with Crippen LogP contribution in [-0.4, -0.2) is 16.0 Å². The molecule has 0 unspecified atom stereocenters. The number of aryl methyl sites for hydroxylation is 1. The third-order valence-electron chi connectivity index (χ3n) is 2.70. The molecule has 5 heteroatoms. The highest BCUT2D eigenvalue weighted by atomic mass is 19.1. The molecule has 98 valence electrons. The number of aromatic nitrogens is 1. The van der Waals surface area contributed by atoms with E-state index in [-0.39, 0.29) is 12.2 Å². The van der Waals surface area contributed by atoms with Crippen molar-refractivity contribution in [1.29, 1.82) is 0 Å². The molecular formula is C14H13FN2O2. The van der Waals surface area contributed by atoms with Gasteiger partial charge in [0.05, 0.1) is 24.1 Å². The summed E-state index contributed by atoms with van der Waals surface area (Å²) in [5, 5.41) is 11.7. The lowest BCUT2D eigenvalue weighted by Gasteiger charge is -2.09. The first-order valence-electron chi connectivity index (χ1n) is 5.73. The molecule has 2 aromatic rings. The van der Waals surface area contributed by atoms with Gasteiger partial charge in [0.2, 0.25) is 0 Å². The van der Waals surface area contributed by atoms with Crippen LogP contribution in [-0.2, 0) is 6.61 Å². The van der Waals surface area contributed by atoms with Gasteiger partial charge in [-0.2, -0.15) is 0 Å². The molecule has 19 heavy (non-hydrogen) atoms. The third kappa shape index (κ3) is 2.95. The third-order valence-corrected chi connectivity index (χ3v) is 2.70. The number of anilines is 1. The maximum absolute atomic E-state index is 13.6. The summed E-state index contributed by atoms with van der Waals surface area (Å²) in [7, 11) is 0. The van der Waals surface area contributed by atoms with Crippen LogP contribution >= 0.6 is 0 Å². The molecule has 0 aliphatic carbocycles. The summed E-state index contributed by atoms with van der Waals surface area (Å²) in [5.74, 6) is -1.15. The number of nitrogens with one attached hydrogen (secondary N) is 1. The molecule has 0 radical (unpaired) electrons. The van der Waals surface area contributed by atoms with E-state index in [2.05, 4.69) is 10.3 Å². The molecule has 0 aliphatic rings. The summed E-state index contributed by atoms with van der Waals surface area (Å²) in [5.41, 5.74) is 1.65. The second-order valence-electron chi connectivity index (χ2n) is 4.13. The summed E-state index contributed by atoms with van der Waals surface area (Å²) in [6.45, 7) is 1.55. The predicted octanol–water partition coefficient (Wildman–Crippen LogP) is 2.27. The van der Waals surface area contributed by atoms with Gasteiger partial charge in [0.25, 0.3) is 5.91 Å². The van der Waals surface area contributed by atoms with E-state index < -0.39 is 11.7 Å². The van der Waals surface area contributed by atoms with Crippen LogP contribution in [0.4, 0.5) is 10.1 Å².